The molecule has 0 saturated carbocycles. The van der Waals surface area contributed by atoms with E-state index in [2.05, 4.69) is 10.4 Å². The van der Waals surface area contributed by atoms with Gasteiger partial charge >= 0.3 is 0 Å². The minimum absolute atomic E-state index is 0.108. The molecule has 3 aromatic rings. The highest BCUT2D eigenvalue weighted by Crippen LogP contribution is 2.15. The van der Waals surface area contributed by atoms with Crippen molar-refractivity contribution in [1.82, 2.24) is 9.66 Å². The maximum absolute atomic E-state index is 12.3. The molecule has 22 heavy (non-hydrogen) atoms. The van der Waals surface area contributed by atoms with E-state index in [0.717, 1.165) is 16.8 Å². The van der Waals surface area contributed by atoms with Crippen LogP contribution in [0.15, 0.2) is 54.9 Å². The van der Waals surface area contributed by atoms with E-state index >= 15 is 0 Å². The zero-order valence-electron chi connectivity index (χ0n) is 12.5. The van der Waals surface area contributed by atoms with Crippen molar-refractivity contribution in [2.45, 2.75) is 20.0 Å². The minimum atomic E-state index is -0.195. The molecule has 1 aromatic heterocycles. The molecule has 0 aliphatic heterocycles. The molecule has 0 fully saturated rings. The molecule has 1 amide bonds. The number of carbonyl (C=O) groups is 1. The number of hydrogen-bond donors (Lipinski definition) is 1. The molecule has 0 unspecified atom stereocenters. The first-order valence-corrected chi connectivity index (χ1v) is 7.13. The third kappa shape index (κ3) is 2.93. The number of para-hydroxylation sites is 2. The predicted octanol–water partition coefficient (Wildman–Crippen LogP) is 3.21. The predicted molar refractivity (Wildman–Crippen MR) is 85.6 cm³/mol. The standard InChI is InChI=1S/C17H17N3O2/c1-12(2)22-14-9-7-13(8-10-14)17(21)19-20-11-18-15-5-3-4-6-16(15)20/h3-12H,1-2H3,(H,19,21). The van der Waals surface area contributed by atoms with E-state index in [4.69, 9.17) is 4.74 Å². The first-order chi connectivity index (χ1) is 10.6. The van der Waals surface area contributed by atoms with Crippen molar-refractivity contribution in [2.75, 3.05) is 5.43 Å². The molecular weight excluding hydrogens is 278 g/mol. The van der Waals surface area contributed by atoms with E-state index in [1.165, 1.54) is 0 Å². The van der Waals surface area contributed by atoms with Gasteiger partial charge in [0.25, 0.3) is 5.91 Å². The number of rotatable bonds is 4. The Hall–Kier alpha value is -2.82. The molecule has 112 valence electrons. The Balaban J connectivity index is 1.77. The lowest BCUT2D eigenvalue weighted by Crippen LogP contribution is -2.21. The first kappa shape index (κ1) is 14.1. The van der Waals surface area contributed by atoms with Gasteiger partial charge in [-0.2, -0.15) is 0 Å². The van der Waals surface area contributed by atoms with Crippen LogP contribution >= 0.6 is 0 Å². The zero-order chi connectivity index (χ0) is 15.5. The number of nitrogens with zero attached hydrogens (tertiary/aromatic N) is 2. The van der Waals surface area contributed by atoms with E-state index in [1.807, 2.05) is 38.1 Å². The van der Waals surface area contributed by atoms with Crippen LogP contribution < -0.4 is 10.2 Å². The zero-order valence-corrected chi connectivity index (χ0v) is 12.5. The lowest BCUT2D eigenvalue weighted by molar-refractivity contribution is 0.101. The normalized spacial score (nSPS) is 10.9. The summed E-state index contributed by atoms with van der Waals surface area (Å²) < 4.78 is 7.19. The first-order valence-electron chi connectivity index (χ1n) is 7.13. The fourth-order valence-corrected chi connectivity index (χ4v) is 2.18. The number of imidazole rings is 1. The van der Waals surface area contributed by atoms with Gasteiger partial charge in [0.2, 0.25) is 0 Å². The van der Waals surface area contributed by atoms with Crippen molar-refractivity contribution in [3.05, 3.63) is 60.4 Å². The third-order valence-corrected chi connectivity index (χ3v) is 3.16. The van der Waals surface area contributed by atoms with Crippen molar-refractivity contribution < 1.29 is 9.53 Å². The van der Waals surface area contributed by atoms with Crippen molar-refractivity contribution in [2.24, 2.45) is 0 Å². The molecule has 0 saturated heterocycles. The number of hydrogen-bond acceptors (Lipinski definition) is 3. The lowest BCUT2D eigenvalue weighted by atomic mass is 10.2. The lowest BCUT2D eigenvalue weighted by Gasteiger charge is -2.10. The number of carbonyl (C=O) groups excluding carboxylic acids is 1. The summed E-state index contributed by atoms with van der Waals surface area (Å²) >= 11 is 0. The van der Waals surface area contributed by atoms with E-state index in [9.17, 15) is 4.79 Å². The Morgan fingerprint density at radius 1 is 1.14 bits per heavy atom. The Bertz CT molecular complexity index is 791. The molecular formula is C17H17N3O2. The molecule has 0 atom stereocenters. The quantitative estimate of drug-likeness (QED) is 0.804. The van der Waals surface area contributed by atoms with Gasteiger partial charge in [-0.15, -0.1) is 0 Å². The maximum atomic E-state index is 12.3. The van der Waals surface area contributed by atoms with Crippen molar-refractivity contribution in [3.8, 4) is 5.75 Å². The molecule has 1 N–H and O–H groups in total. The summed E-state index contributed by atoms with van der Waals surface area (Å²) in [6.07, 6.45) is 1.70. The number of fused-ring (bicyclic) bond motifs is 1. The number of benzene rings is 2. The summed E-state index contributed by atoms with van der Waals surface area (Å²) in [6.45, 7) is 3.93. The second-order valence-corrected chi connectivity index (χ2v) is 5.24. The smallest absolute Gasteiger partial charge is 0.270 e. The molecule has 0 spiro atoms. The van der Waals surface area contributed by atoms with Crippen molar-refractivity contribution >= 4 is 16.9 Å². The summed E-state index contributed by atoms with van der Waals surface area (Å²) in [4.78, 5) is 16.5. The largest absolute Gasteiger partial charge is 0.491 e. The van der Waals surface area contributed by atoms with Gasteiger partial charge in [-0.3, -0.25) is 10.2 Å². The average molecular weight is 295 g/mol. The minimum Gasteiger partial charge on any atom is -0.491 e. The molecule has 5 nitrogen and oxygen atoms in total. The van der Waals surface area contributed by atoms with Crippen LogP contribution in [0.5, 0.6) is 5.75 Å². The van der Waals surface area contributed by atoms with Crippen LogP contribution in [0.3, 0.4) is 0 Å². The van der Waals surface area contributed by atoms with E-state index in [1.54, 1.807) is 35.3 Å². The molecule has 0 aliphatic carbocycles. The fraction of sp³-hybridized carbons (Fsp3) is 0.176. The molecule has 0 aliphatic rings. The van der Waals surface area contributed by atoms with Crippen LogP contribution in [0, 0.1) is 0 Å². The van der Waals surface area contributed by atoms with Gasteiger partial charge in [0.15, 0.2) is 0 Å². The second-order valence-electron chi connectivity index (χ2n) is 5.24. The molecule has 0 radical (unpaired) electrons. The summed E-state index contributed by atoms with van der Waals surface area (Å²) in [5.74, 6) is 0.555. The summed E-state index contributed by atoms with van der Waals surface area (Å²) in [7, 11) is 0. The number of aromatic nitrogens is 2. The highest BCUT2D eigenvalue weighted by Gasteiger charge is 2.09. The number of nitrogens with one attached hydrogen (secondary N) is 1. The maximum Gasteiger partial charge on any atom is 0.270 e. The van der Waals surface area contributed by atoms with Crippen molar-refractivity contribution in [1.29, 1.82) is 0 Å². The van der Waals surface area contributed by atoms with Crippen LogP contribution in [-0.2, 0) is 0 Å². The second kappa shape index (κ2) is 5.89. The highest BCUT2D eigenvalue weighted by atomic mass is 16.5. The van der Waals surface area contributed by atoms with Gasteiger partial charge < -0.3 is 4.74 Å². The third-order valence-electron chi connectivity index (χ3n) is 3.16. The summed E-state index contributed by atoms with van der Waals surface area (Å²) in [5.41, 5.74) is 5.07. The van der Waals surface area contributed by atoms with E-state index in [0.29, 0.717) is 5.56 Å². The van der Waals surface area contributed by atoms with E-state index in [-0.39, 0.29) is 12.0 Å². The van der Waals surface area contributed by atoms with Gasteiger partial charge in [-0.1, -0.05) is 12.1 Å². The highest BCUT2D eigenvalue weighted by molar-refractivity contribution is 6.00. The van der Waals surface area contributed by atoms with Crippen molar-refractivity contribution in [3.63, 3.8) is 0 Å². The Kier molecular flexibility index (Phi) is 3.78. The van der Waals surface area contributed by atoms with E-state index < -0.39 is 0 Å². The van der Waals surface area contributed by atoms with Crippen LogP contribution in [0.1, 0.15) is 24.2 Å². The Morgan fingerprint density at radius 3 is 2.59 bits per heavy atom. The average Bonchev–Trinajstić information content (AvgIpc) is 2.91. The summed E-state index contributed by atoms with van der Waals surface area (Å²) in [5, 5.41) is 0. The molecule has 2 aromatic carbocycles. The summed E-state index contributed by atoms with van der Waals surface area (Å²) in [6, 6.07) is 14.7. The molecule has 3 rings (SSSR count). The molecule has 0 bridgehead atoms. The molecule has 1 heterocycles. The Labute approximate surface area is 128 Å². The molecule has 5 heteroatoms. The Morgan fingerprint density at radius 2 is 1.86 bits per heavy atom. The van der Waals surface area contributed by atoms with Crippen LogP contribution in [0.25, 0.3) is 11.0 Å². The van der Waals surface area contributed by atoms with Gasteiger partial charge in [-0.25, -0.2) is 9.66 Å². The van der Waals surface area contributed by atoms with Crippen LogP contribution in [-0.4, -0.2) is 21.7 Å². The van der Waals surface area contributed by atoms with Crippen LogP contribution in [0.4, 0.5) is 0 Å². The van der Waals surface area contributed by atoms with Gasteiger partial charge in [0.1, 0.15) is 12.1 Å². The van der Waals surface area contributed by atoms with Gasteiger partial charge in [-0.05, 0) is 50.2 Å². The monoisotopic (exact) mass is 295 g/mol. The van der Waals surface area contributed by atoms with Gasteiger partial charge in [0.05, 0.1) is 17.1 Å². The number of ether oxygens (including phenoxy) is 1. The topological polar surface area (TPSA) is 56.1 Å². The van der Waals surface area contributed by atoms with Crippen LogP contribution in [0.2, 0.25) is 0 Å². The van der Waals surface area contributed by atoms with Gasteiger partial charge in [0, 0.05) is 5.56 Å². The number of amides is 1. The fourth-order valence-electron chi connectivity index (χ4n) is 2.18. The SMILES string of the molecule is CC(C)Oc1ccc(C(=O)Nn2cnc3ccccc32)cc1.